The van der Waals surface area contributed by atoms with E-state index in [4.69, 9.17) is 4.74 Å². The van der Waals surface area contributed by atoms with Gasteiger partial charge in [0.15, 0.2) is 0 Å². The molecule has 1 aromatic rings. The Labute approximate surface area is 67.2 Å². The van der Waals surface area contributed by atoms with Crippen molar-refractivity contribution in [3.8, 4) is 5.75 Å². The second-order valence-electron chi connectivity index (χ2n) is 2.44. The molecule has 2 heteroatoms. The predicted molar refractivity (Wildman–Crippen MR) is 44.9 cm³/mol. The maximum atomic E-state index is 5.08. The first-order valence-electron chi connectivity index (χ1n) is 3.78. The van der Waals surface area contributed by atoms with Crippen molar-refractivity contribution in [2.45, 2.75) is 20.3 Å². The van der Waals surface area contributed by atoms with Gasteiger partial charge in [-0.25, -0.2) is 0 Å². The molecule has 60 valence electrons. The third kappa shape index (κ3) is 1.70. The van der Waals surface area contributed by atoms with E-state index in [0.29, 0.717) is 0 Å². The molecule has 0 fully saturated rings. The summed E-state index contributed by atoms with van der Waals surface area (Å²) < 4.78 is 5.08. The third-order valence-electron chi connectivity index (χ3n) is 1.68. The average molecular weight is 151 g/mol. The standard InChI is InChI=1S/C9H13NO/c1-4-8-5-6-9(11-3)7(2)10-8/h5-6H,4H2,1-3H3. The Kier molecular flexibility index (Phi) is 2.47. The lowest BCUT2D eigenvalue weighted by atomic mass is 10.2. The van der Waals surface area contributed by atoms with E-state index in [1.165, 1.54) is 0 Å². The molecule has 0 aliphatic carbocycles. The molecular formula is C9H13NO. The molecule has 0 atom stereocenters. The molecule has 1 aromatic heterocycles. The van der Waals surface area contributed by atoms with Crippen LogP contribution in [0.4, 0.5) is 0 Å². The Balaban J connectivity index is 2.99. The highest BCUT2D eigenvalue weighted by atomic mass is 16.5. The van der Waals surface area contributed by atoms with Gasteiger partial charge in [-0.1, -0.05) is 6.92 Å². The lowest BCUT2D eigenvalue weighted by Crippen LogP contribution is -1.93. The minimum Gasteiger partial charge on any atom is -0.495 e. The van der Waals surface area contributed by atoms with Gasteiger partial charge < -0.3 is 4.74 Å². The summed E-state index contributed by atoms with van der Waals surface area (Å²) >= 11 is 0. The van der Waals surface area contributed by atoms with Gasteiger partial charge in [0.25, 0.3) is 0 Å². The van der Waals surface area contributed by atoms with Crippen LogP contribution in [0.3, 0.4) is 0 Å². The topological polar surface area (TPSA) is 22.1 Å². The van der Waals surface area contributed by atoms with Crippen molar-refractivity contribution >= 4 is 0 Å². The number of rotatable bonds is 2. The molecule has 0 aliphatic rings. The van der Waals surface area contributed by atoms with Crippen molar-refractivity contribution < 1.29 is 4.74 Å². The summed E-state index contributed by atoms with van der Waals surface area (Å²) in [6.07, 6.45) is 0.977. The molecule has 0 unspecified atom stereocenters. The highest BCUT2D eigenvalue weighted by Crippen LogP contribution is 2.14. The molecular weight excluding hydrogens is 138 g/mol. The first-order chi connectivity index (χ1) is 5.27. The van der Waals surface area contributed by atoms with E-state index in [2.05, 4.69) is 11.9 Å². The Morgan fingerprint density at radius 2 is 2.18 bits per heavy atom. The van der Waals surface area contributed by atoms with Crippen LogP contribution in [0, 0.1) is 6.92 Å². The van der Waals surface area contributed by atoms with Crippen LogP contribution in [-0.2, 0) is 6.42 Å². The monoisotopic (exact) mass is 151 g/mol. The molecule has 1 heterocycles. The minimum absolute atomic E-state index is 0.863. The Hall–Kier alpha value is -1.05. The van der Waals surface area contributed by atoms with E-state index in [-0.39, 0.29) is 0 Å². The first-order valence-corrected chi connectivity index (χ1v) is 3.78. The summed E-state index contributed by atoms with van der Waals surface area (Å²) in [4.78, 5) is 4.34. The van der Waals surface area contributed by atoms with Gasteiger partial charge in [-0.3, -0.25) is 4.98 Å². The number of methoxy groups -OCH3 is 1. The molecule has 11 heavy (non-hydrogen) atoms. The van der Waals surface area contributed by atoms with Gasteiger partial charge in [0.05, 0.1) is 12.8 Å². The number of aromatic nitrogens is 1. The van der Waals surface area contributed by atoms with Crippen LogP contribution in [0.25, 0.3) is 0 Å². The molecule has 2 nitrogen and oxygen atoms in total. The fourth-order valence-corrected chi connectivity index (χ4v) is 1.01. The van der Waals surface area contributed by atoms with E-state index in [0.717, 1.165) is 23.6 Å². The Morgan fingerprint density at radius 3 is 2.64 bits per heavy atom. The van der Waals surface area contributed by atoms with E-state index in [1.807, 2.05) is 19.1 Å². The summed E-state index contributed by atoms with van der Waals surface area (Å²) in [7, 11) is 1.66. The highest BCUT2D eigenvalue weighted by Gasteiger charge is 1.98. The Morgan fingerprint density at radius 1 is 1.45 bits per heavy atom. The molecule has 0 bridgehead atoms. The van der Waals surface area contributed by atoms with Gasteiger partial charge in [0.1, 0.15) is 5.75 Å². The number of hydrogen-bond acceptors (Lipinski definition) is 2. The SMILES string of the molecule is CCc1ccc(OC)c(C)n1. The van der Waals surface area contributed by atoms with E-state index < -0.39 is 0 Å². The summed E-state index contributed by atoms with van der Waals surface area (Å²) in [5.74, 6) is 0.863. The fraction of sp³-hybridized carbons (Fsp3) is 0.444. The van der Waals surface area contributed by atoms with Crippen LogP contribution in [0.1, 0.15) is 18.3 Å². The van der Waals surface area contributed by atoms with Crippen molar-refractivity contribution in [1.82, 2.24) is 4.98 Å². The van der Waals surface area contributed by atoms with E-state index in [1.54, 1.807) is 7.11 Å². The highest BCUT2D eigenvalue weighted by molar-refractivity contribution is 5.28. The second kappa shape index (κ2) is 3.37. The zero-order valence-corrected chi connectivity index (χ0v) is 7.22. The quantitative estimate of drug-likeness (QED) is 0.644. The van der Waals surface area contributed by atoms with Crippen molar-refractivity contribution in [3.63, 3.8) is 0 Å². The van der Waals surface area contributed by atoms with Gasteiger partial charge in [0, 0.05) is 5.69 Å². The second-order valence-corrected chi connectivity index (χ2v) is 2.44. The zero-order valence-electron chi connectivity index (χ0n) is 7.22. The molecule has 0 saturated heterocycles. The van der Waals surface area contributed by atoms with Gasteiger partial charge in [-0.2, -0.15) is 0 Å². The minimum atomic E-state index is 0.863. The van der Waals surface area contributed by atoms with Crippen LogP contribution in [0.5, 0.6) is 5.75 Å². The zero-order chi connectivity index (χ0) is 8.27. The smallest absolute Gasteiger partial charge is 0.140 e. The molecule has 1 rings (SSSR count). The summed E-state index contributed by atoms with van der Waals surface area (Å²) in [5, 5.41) is 0. The molecule has 0 radical (unpaired) electrons. The number of nitrogens with zero attached hydrogens (tertiary/aromatic N) is 1. The fourth-order valence-electron chi connectivity index (χ4n) is 1.01. The van der Waals surface area contributed by atoms with E-state index in [9.17, 15) is 0 Å². The normalized spacial score (nSPS) is 9.73. The number of ether oxygens (including phenoxy) is 1. The summed E-state index contributed by atoms with van der Waals surface area (Å²) in [5.41, 5.74) is 2.08. The lowest BCUT2D eigenvalue weighted by Gasteiger charge is -2.04. The van der Waals surface area contributed by atoms with Crippen molar-refractivity contribution in [3.05, 3.63) is 23.5 Å². The Bertz CT molecular complexity index is 245. The van der Waals surface area contributed by atoms with Gasteiger partial charge in [-0.15, -0.1) is 0 Å². The average Bonchev–Trinajstić information content (AvgIpc) is 2.04. The van der Waals surface area contributed by atoms with Crippen LogP contribution in [0.2, 0.25) is 0 Å². The molecule has 0 amide bonds. The van der Waals surface area contributed by atoms with Crippen LogP contribution in [0.15, 0.2) is 12.1 Å². The van der Waals surface area contributed by atoms with Gasteiger partial charge in [0.2, 0.25) is 0 Å². The molecule has 0 aromatic carbocycles. The molecule has 0 N–H and O–H groups in total. The number of aryl methyl sites for hydroxylation is 2. The first kappa shape index (κ1) is 8.05. The van der Waals surface area contributed by atoms with Crippen LogP contribution in [-0.4, -0.2) is 12.1 Å². The van der Waals surface area contributed by atoms with Crippen molar-refractivity contribution in [2.24, 2.45) is 0 Å². The number of pyridine rings is 1. The maximum Gasteiger partial charge on any atom is 0.140 e. The summed E-state index contributed by atoms with van der Waals surface area (Å²) in [6.45, 7) is 4.05. The summed E-state index contributed by atoms with van der Waals surface area (Å²) in [6, 6.07) is 3.95. The maximum absolute atomic E-state index is 5.08. The predicted octanol–water partition coefficient (Wildman–Crippen LogP) is 1.96. The van der Waals surface area contributed by atoms with Gasteiger partial charge >= 0.3 is 0 Å². The van der Waals surface area contributed by atoms with Crippen LogP contribution >= 0.6 is 0 Å². The number of hydrogen-bond donors (Lipinski definition) is 0. The largest absolute Gasteiger partial charge is 0.495 e. The van der Waals surface area contributed by atoms with Gasteiger partial charge in [-0.05, 0) is 25.5 Å². The molecule has 0 aliphatic heterocycles. The van der Waals surface area contributed by atoms with Crippen molar-refractivity contribution in [2.75, 3.05) is 7.11 Å². The van der Waals surface area contributed by atoms with Crippen LogP contribution < -0.4 is 4.74 Å². The van der Waals surface area contributed by atoms with Crippen molar-refractivity contribution in [1.29, 1.82) is 0 Å². The lowest BCUT2D eigenvalue weighted by molar-refractivity contribution is 0.409. The molecule has 0 saturated carbocycles. The van der Waals surface area contributed by atoms with E-state index >= 15 is 0 Å². The molecule has 0 spiro atoms. The third-order valence-corrected chi connectivity index (χ3v) is 1.68.